The number of nitrogens with one attached hydrogen (secondary N) is 1. The number of para-hydroxylation sites is 1. The van der Waals surface area contributed by atoms with Gasteiger partial charge < -0.3 is 19.5 Å². The van der Waals surface area contributed by atoms with E-state index >= 15 is 0 Å². The summed E-state index contributed by atoms with van der Waals surface area (Å²) >= 11 is 0. The van der Waals surface area contributed by atoms with E-state index in [1.54, 1.807) is 7.11 Å². The molecule has 1 atom stereocenters. The lowest BCUT2D eigenvalue weighted by molar-refractivity contribution is 0.0970. The highest BCUT2D eigenvalue weighted by Crippen LogP contribution is 2.07. The molecule has 0 saturated carbocycles. The monoisotopic (exact) mass is 253 g/mol. The Hall–Kier alpha value is -1.10. The van der Waals surface area contributed by atoms with Gasteiger partial charge in [-0.15, -0.1) is 0 Å². The van der Waals surface area contributed by atoms with Crippen molar-refractivity contribution < 1.29 is 14.2 Å². The molecule has 0 bridgehead atoms. The summed E-state index contributed by atoms with van der Waals surface area (Å²) in [5, 5.41) is 3.30. The van der Waals surface area contributed by atoms with Gasteiger partial charge in [0.2, 0.25) is 0 Å². The SMILES string of the molecule is COCC(C)NCCOCCOc1ccccc1. The van der Waals surface area contributed by atoms with Crippen molar-refractivity contribution >= 4 is 0 Å². The Bertz CT molecular complexity index is 292. The van der Waals surface area contributed by atoms with Crippen molar-refractivity contribution in [3.63, 3.8) is 0 Å². The van der Waals surface area contributed by atoms with Gasteiger partial charge in [-0.05, 0) is 19.1 Å². The third kappa shape index (κ3) is 7.27. The second-order valence-electron chi connectivity index (χ2n) is 4.08. The summed E-state index contributed by atoms with van der Waals surface area (Å²) in [6.45, 7) is 5.51. The summed E-state index contributed by atoms with van der Waals surface area (Å²) in [5.41, 5.74) is 0. The lowest BCUT2D eigenvalue weighted by Gasteiger charge is -2.12. The van der Waals surface area contributed by atoms with Gasteiger partial charge in [0.1, 0.15) is 12.4 Å². The number of ether oxygens (including phenoxy) is 3. The second-order valence-corrected chi connectivity index (χ2v) is 4.08. The van der Waals surface area contributed by atoms with Gasteiger partial charge in [-0.3, -0.25) is 0 Å². The van der Waals surface area contributed by atoms with E-state index in [4.69, 9.17) is 14.2 Å². The van der Waals surface area contributed by atoms with Crippen LogP contribution < -0.4 is 10.1 Å². The summed E-state index contributed by atoms with van der Waals surface area (Å²) in [6, 6.07) is 10.1. The van der Waals surface area contributed by atoms with Crippen molar-refractivity contribution in [1.29, 1.82) is 0 Å². The van der Waals surface area contributed by atoms with Crippen LogP contribution in [0.5, 0.6) is 5.75 Å². The number of benzene rings is 1. The largest absolute Gasteiger partial charge is 0.491 e. The van der Waals surface area contributed by atoms with E-state index in [0.29, 0.717) is 25.9 Å². The molecule has 1 rings (SSSR count). The van der Waals surface area contributed by atoms with Crippen molar-refractivity contribution in [3.05, 3.63) is 30.3 Å². The average molecular weight is 253 g/mol. The molecule has 0 aromatic heterocycles. The van der Waals surface area contributed by atoms with Crippen molar-refractivity contribution in [2.75, 3.05) is 40.1 Å². The molecular formula is C14H23NO3. The maximum absolute atomic E-state index is 5.51. The minimum atomic E-state index is 0.360. The fraction of sp³-hybridized carbons (Fsp3) is 0.571. The normalized spacial score (nSPS) is 12.3. The number of methoxy groups -OCH3 is 1. The number of rotatable bonds is 10. The molecule has 0 radical (unpaired) electrons. The highest BCUT2D eigenvalue weighted by atomic mass is 16.5. The Morgan fingerprint density at radius 2 is 1.89 bits per heavy atom. The fourth-order valence-corrected chi connectivity index (χ4v) is 1.52. The van der Waals surface area contributed by atoms with E-state index in [2.05, 4.69) is 12.2 Å². The van der Waals surface area contributed by atoms with Crippen LogP contribution in [0.4, 0.5) is 0 Å². The molecule has 0 amide bonds. The van der Waals surface area contributed by atoms with Gasteiger partial charge in [0, 0.05) is 19.7 Å². The Labute approximate surface area is 109 Å². The first kappa shape index (κ1) is 15.0. The van der Waals surface area contributed by atoms with Crippen LogP contribution in [0.1, 0.15) is 6.92 Å². The van der Waals surface area contributed by atoms with Crippen molar-refractivity contribution in [2.24, 2.45) is 0 Å². The molecule has 4 heteroatoms. The van der Waals surface area contributed by atoms with Gasteiger partial charge in [-0.2, -0.15) is 0 Å². The molecule has 102 valence electrons. The van der Waals surface area contributed by atoms with Gasteiger partial charge in [-0.25, -0.2) is 0 Å². The van der Waals surface area contributed by atoms with Crippen LogP contribution in [0, 0.1) is 0 Å². The standard InChI is InChI=1S/C14H23NO3/c1-13(12-16-2)15-8-9-17-10-11-18-14-6-4-3-5-7-14/h3-7,13,15H,8-12H2,1-2H3. The molecule has 1 N–H and O–H groups in total. The van der Waals surface area contributed by atoms with E-state index in [-0.39, 0.29) is 0 Å². The van der Waals surface area contributed by atoms with E-state index in [1.807, 2.05) is 30.3 Å². The second kappa shape index (κ2) is 9.88. The van der Waals surface area contributed by atoms with Crippen LogP contribution in [0.25, 0.3) is 0 Å². The minimum Gasteiger partial charge on any atom is -0.491 e. The predicted octanol–water partition coefficient (Wildman–Crippen LogP) is 1.71. The molecule has 0 heterocycles. The summed E-state index contributed by atoms with van der Waals surface area (Å²) in [6.07, 6.45) is 0. The quantitative estimate of drug-likeness (QED) is 0.644. The molecule has 0 aliphatic carbocycles. The first-order valence-corrected chi connectivity index (χ1v) is 6.31. The summed E-state index contributed by atoms with van der Waals surface area (Å²) < 4.78 is 16.0. The molecule has 0 fully saturated rings. The number of hydrogen-bond donors (Lipinski definition) is 1. The predicted molar refractivity (Wildman–Crippen MR) is 72.1 cm³/mol. The van der Waals surface area contributed by atoms with Crippen LogP contribution in [0.3, 0.4) is 0 Å². The Balaban J connectivity index is 1.90. The topological polar surface area (TPSA) is 39.7 Å². The molecule has 0 aliphatic rings. The minimum absolute atomic E-state index is 0.360. The van der Waals surface area contributed by atoms with Crippen molar-refractivity contribution in [2.45, 2.75) is 13.0 Å². The van der Waals surface area contributed by atoms with Gasteiger partial charge in [-0.1, -0.05) is 18.2 Å². The third-order valence-electron chi connectivity index (χ3n) is 2.40. The molecule has 18 heavy (non-hydrogen) atoms. The zero-order valence-electron chi connectivity index (χ0n) is 11.2. The van der Waals surface area contributed by atoms with E-state index in [0.717, 1.165) is 18.9 Å². The summed E-state index contributed by atoms with van der Waals surface area (Å²) in [7, 11) is 1.70. The van der Waals surface area contributed by atoms with E-state index in [1.165, 1.54) is 0 Å². The first-order chi connectivity index (χ1) is 8.83. The molecule has 1 unspecified atom stereocenters. The van der Waals surface area contributed by atoms with Gasteiger partial charge in [0.25, 0.3) is 0 Å². The molecular weight excluding hydrogens is 230 g/mol. The molecule has 4 nitrogen and oxygen atoms in total. The summed E-state index contributed by atoms with van der Waals surface area (Å²) in [5.74, 6) is 0.882. The lowest BCUT2D eigenvalue weighted by atomic mass is 10.3. The van der Waals surface area contributed by atoms with E-state index < -0.39 is 0 Å². The zero-order chi connectivity index (χ0) is 13.1. The van der Waals surface area contributed by atoms with Crippen LogP contribution >= 0.6 is 0 Å². The Morgan fingerprint density at radius 1 is 1.11 bits per heavy atom. The fourth-order valence-electron chi connectivity index (χ4n) is 1.52. The van der Waals surface area contributed by atoms with Gasteiger partial charge in [0.15, 0.2) is 0 Å². The Morgan fingerprint density at radius 3 is 2.61 bits per heavy atom. The van der Waals surface area contributed by atoms with Gasteiger partial charge >= 0.3 is 0 Å². The maximum atomic E-state index is 5.51. The molecule has 0 aliphatic heterocycles. The molecule has 1 aromatic carbocycles. The van der Waals surface area contributed by atoms with Crippen LogP contribution in [-0.2, 0) is 9.47 Å². The zero-order valence-corrected chi connectivity index (χ0v) is 11.2. The van der Waals surface area contributed by atoms with Gasteiger partial charge in [0.05, 0.1) is 19.8 Å². The van der Waals surface area contributed by atoms with Crippen LogP contribution in [0.2, 0.25) is 0 Å². The Kier molecular flexibility index (Phi) is 8.21. The highest BCUT2D eigenvalue weighted by molar-refractivity contribution is 5.20. The summed E-state index contributed by atoms with van der Waals surface area (Å²) in [4.78, 5) is 0. The smallest absolute Gasteiger partial charge is 0.119 e. The average Bonchev–Trinajstić information content (AvgIpc) is 2.39. The molecule has 0 saturated heterocycles. The highest BCUT2D eigenvalue weighted by Gasteiger charge is 1.98. The van der Waals surface area contributed by atoms with E-state index in [9.17, 15) is 0 Å². The van der Waals surface area contributed by atoms with Crippen molar-refractivity contribution in [1.82, 2.24) is 5.32 Å². The lowest BCUT2D eigenvalue weighted by Crippen LogP contribution is -2.33. The first-order valence-electron chi connectivity index (χ1n) is 6.31. The van der Waals surface area contributed by atoms with Crippen molar-refractivity contribution in [3.8, 4) is 5.75 Å². The number of hydrogen-bond acceptors (Lipinski definition) is 4. The maximum Gasteiger partial charge on any atom is 0.119 e. The van der Waals surface area contributed by atoms with Crippen LogP contribution in [0.15, 0.2) is 30.3 Å². The molecule has 1 aromatic rings. The van der Waals surface area contributed by atoms with Crippen LogP contribution in [-0.4, -0.2) is 46.1 Å². The third-order valence-corrected chi connectivity index (χ3v) is 2.40. The molecule has 0 spiro atoms.